The first-order chi connectivity index (χ1) is 6.00. The van der Waals surface area contributed by atoms with Gasteiger partial charge in [0.25, 0.3) is 11.7 Å². The minimum absolute atomic E-state index is 0.151. The molecule has 0 fully saturated rings. The standard InChI is InChI=1S/C7H5ClF2N2O/c8-6(13)4-1-3(7(9)10)2-5(11)12-4/h1-2,7H,(H2,11,12). The molecule has 1 heterocycles. The first-order valence-corrected chi connectivity index (χ1v) is 3.64. The molecule has 0 saturated heterocycles. The summed E-state index contributed by atoms with van der Waals surface area (Å²) in [7, 11) is 0. The number of carbonyl (C=O) groups is 1. The fraction of sp³-hybridized carbons (Fsp3) is 0.143. The Bertz CT molecular complexity index is 343. The number of pyridine rings is 1. The van der Waals surface area contributed by atoms with E-state index in [1.165, 1.54) is 0 Å². The second-order valence-corrected chi connectivity index (χ2v) is 2.63. The number of nitrogens with zero attached hydrogens (tertiary/aromatic N) is 1. The van der Waals surface area contributed by atoms with Gasteiger partial charge in [-0.2, -0.15) is 0 Å². The fourth-order valence-corrected chi connectivity index (χ4v) is 0.897. The number of carbonyl (C=O) groups excluding carboxylic acids is 1. The van der Waals surface area contributed by atoms with Crippen molar-refractivity contribution in [2.45, 2.75) is 6.43 Å². The zero-order chi connectivity index (χ0) is 10.0. The van der Waals surface area contributed by atoms with E-state index in [0.29, 0.717) is 0 Å². The predicted octanol–water partition coefficient (Wildman–Crippen LogP) is 1.98. The quantitative estimate of drug-likeness (QED) is 0.753. The molecule has 0 saturated carbocycles. The molecular formula is C7H5ClF2N2O. The van der Waals surface area contributed by atoms with Crippen LogP contribution in [0.1, 0.15) is 22.5 Å². The summed E-state index contributed by atoms with van der Waals surface area (Å²) in [4.78, 5) is 14.1. The maximum Gasteiger partial charge on any atom is 0.270 e. The molecule has 1 rings (SSSR count). The summed E-state index contributed by atoms with van der Waals surface area (Å²) < 4.78 is 24.3. The molecule has 1 aromatic heterocycles. The lowest BCUT2D eigenvalue weighted by atomic mass is 10.2. The second kappa shape index (κ2) is 3.66. The van der Waals surface area contributed by atoms with E-state index in [2.05, 4.69) is 4.98 Å². The molecule has 0 aromatic carbocycles. The van der Waals surface area contributed by atoms with E-state index in [0.717, 1.165) is 12.1 Å². The van der Waals surface area contributed by atoms with E-state index in [9.17, 15) is 13.6 Å². The minimum atomic E-state index is -2.69. The van der Waals surface area contributed by atoms with Gasteiger partial charge in [0.15, 0.2) is 0 Å². The van der Waals surface area contributed by atoms with Crippen LogP contribution in [0, 0.1) is 0 Å². The van der Waals surface area contributed by atoms with E-state index >= 15 is 0 Å². The first kappa shape index (κ1) is 9.85. The topological polar surface area (TPSA) is 56.0 Å². The average molecular weight is 207 g/mol. The van der Waals surface area contributed by atoms with Crippen molar-refractivity contribution in [2.75, 3.05) is 5.73 Å². The van der Waals surface area contributed by atoms with Crippen molar-refractivity contribution in [3.05, 3.63) is 23.4 Å². The SMILES string of the molecule is Nc1cc(C(F)F)cc(C(=O)Cl)n1. The van der Waals surface area contributed by atoms with Crippen LogP contribution in [-0.2, 0) is 0 Å². The highest BCUT2D eigenvalue weighted by Gasteiger charge is 2.12. The van der Waals surface area contributed by atoms with Crippen molar-refractivity contribution in [2.24, 2.45) is 0 Å². The molecule has 0 aliphatic heterocycles. The zero-order valence-corrected chi connectivity index (χ0v) is 7.05. The molecular weight excluding hydrogens is 202 g/mol. The van der Waals surface area contributed by atoms with Crippen molar-refractivity contribution in [1.29, 1.82) is 0 Å². The Labute approximate surface area is 77.5 Å². The lowest BCUT2D eigenvalue weighted by molar-refractivity contribution is 0.107. The smallest absolute Gasteiger partial charge is 0.270 e. The van der Waals surface area contributed by atoms with Crippen LogP contribution in [-0.4, -0.2) is 10.2 Å². The Hall–Kier alpha value is -1.23. The molecule has 0 aliphatic carbocycles. The monoisotopic (exact) mass is 206 g/mol. The highest BCUT2D eigenvalue weighted by atomic mass is 35.5. The van der Waals surface area contributed by atoms with Crippen LogP contribution in [0.25, 0.3) is 0 Å². The number of nitrogens with two attached hydrogens (primary N) is 1. The van der Waals surface area contributed by atoms with Crippen LogP contribution in [0.3, 0.4) is 0 Å². The zero-order valence-electron chi connectivity index (χ0n) is 6.30. The lowest BCUT2D eigenvalue weighted by Gasteiger charge is -2.02. The van der Waals surface area contributed by atoms with Gasteiger partial charge >= 0.3 is 0 Å². The van der Waals surface area contributed by atoms with Gasteiger partial charge < -0.3 is 5.73 Å². The van der Waals surface area contributed by atoms with E-state index < -0.39 is 11.7 Å². The summed E-state index contributed by atoms with van der Waals surface area (Å²) in [5.74, 6) is -0.151. The number of halogens is 3. The summed E-state index contributed by atoms with van der Waals surface area (Å²) in [6.07, 6.45) is -2.69. The van der Waals surface area contributed by atoms with Crippen LogP contribution in [0.4, 0.5) is 14.6 Å². The number of hydrogen-bond donors (Lipinski definition) is 1. The molecule has 1 aromatic rings. The van der Waals surface area contributed by atoms with Crippen LogP contribution in [0.5, 0.6) is 0 Å². The maximum absolute atomic E-state index is 12.2. The Morgan fingerprint density at radius 3 is 2.62 bits per heavy atom. The molecule has 13 heavy (non-hydrogen) atoms. The molecule has 2 N–H and O–H groups in total. The summed E-state index contributed by atoms with van der Waals surface area (Å²) in [6, 6.07) is 1.91. The third-order valence-electron chi connectivity index (χ3n) is 1.32. The van der Waals surface area contributed by atoms with Gasteiger partial charge in [0.2, 0.25) is 0 Å². The van der Waals surface area contributed by atoms with Crippen molar-refractivity contribution >= 4 is 22.7 Å². The van der Waals surface area contributed by atoms with Gasteiger partial charge in [-0.05, 0) is 23.7 Å². The predicted molar refractivity (Wildman–Crippen MR) is 43.8 cm³/mol. The number of alkyl halides is 2. The van der Waals surface area contributed by atoms with Crippen LogP contribution in [0.15, 0.2) is 12.1 Å². The molecule has 0 atom stereocenters. The van der Waals surface area contributed by atoms with Crippen LogP contribution in [0.2, 0.25) is 0 Å². The average Bonchev–Trinajstić information content (AvgIpc) is 2.03. The molecule has 0 unspecified atom stereocenters. The van der Waals surface area contributed by atoms with Gasteiger partial charge in [-0.25, -0.2) is 13.8 Å². The molecule has 0 bridgehead atoms. The normalized spacial score (nSPS) is 10.5. The van der Waals surface area contributed by atoms with Crippen molar-refractivity contribution < 1.29 is 13.6 Å². The lowest BCUT2D eigenvalue weighted by Crippen LogP contribution is -2.01. The van der Waals surface area contributed by atoms with Crippen LogP contribution < -0.4 is 5.73 Å². The molecule has 0 aliphatic rings. The first-order valence-electron chi connectivity index (χ1n) is 3.26. The Morgan fingerprint density at radius 2 is 2.15 bits per heavy atom. The highest BCUT2D eigenvalue weighted by molar-refractivity contribution is 6.67. The summed E-state index contributed by atoms with van der Waals surface area (Å²) in [5.41, 5.74) is 4.55. The van der Waals surface area contributed by atoms with Crippen molar-refractivity contribution in [3.63, 3.8) is 0 Å². The summed E-state index contributed by atoms with van der Waals surface area (Å²) in [6.45, 7) is 0. The van der Waals surface area contributed by atoms with Crippen molar-refractivity contribution in [1.82, 2.24) is 4.98 Å². The number of aromatic nitrogens is 1. The molecule has 0 spiro atoms. The molecule has 70 valence electrons. The molecule has 0 radical (unpaired) electrons. The molecule has 0 amide bonds. The van der Waals surface area contributed by atoms with Gasteiger partial charge in [0.1, 0.15) is 11.5 Å². The largest absolute Gasteiger partial charge is 0.384 e. The number of anilines is 1. The summed E-state index contributed by atoms with van der Waals surface area (Å²) in [5, 5.41) is -0.908. The Balaban J connectivity index is 3.19. The summed E-state index contributed by atoms with van der Waals surface area (Å²) >= 11 is 5.05. The van der Waals surface area contributed by atoms with E-state index in [-0.39, 0.29) is 17.1 Å². The van der Waals surface area contributed by atoms with Gasteiger partial charge in [-0.3, -0.25) is 4.79 Å². The Morgan fingerprint density at radius 1 is 1.54 bits per heavy atom. The molecule has 6 heteroatoms. The molecule has 3 nitrogen and oxygen atoms in total. The Kier molecular flexibility index (Phi) is 2.77. The second-order valence-electron chi connectivity index (χ2n) is 2.28. The van der Waals surface area contributed by atoms with Gasteiger partial charge in [0, 0.05) is 5.56 Å². The maximum atomic E-state index is 12.2. The van der Waals surface area contributed by atoms with Gasteiger partial charge in [0.05, 0.1) is 0 Å². The van der Waals surface area contributed by atoms with Crippen LogP contribution >= 0.6 is 11.6 Å². The van der Waals surface area contributed by atoms with Gasteiger partial charge in [-0.1, -0.05) is 0 Å². The third kappa shape index (κ3) is 2.35. The van der Waals surface area contributed by atoms with E-state index in [4.69, 9.17) is 17.3 Å². The highest BCUT2D eigenvalue weighted by Crippen LogP contribution is 2.21. The number of nitrogen functional groups attached to an aromatic ring is 1. The van der Waals surface area contributed by atoms with Crippen molar-refractivity contribution in [3.8, 4) is 0 Å². The van der Waals surface area contributed by atoms with Gasteiger partial charge in [-0.15, -0.1) is 0 Å². The van der Waals surface area contributed by atoms with E-state index in [1.807, 2.05) is 0 Å². The third-order valence-corrected chi connectivity index (χ3v) is 1.51. The number of rotatable bonds is 2. The number of hydrogen-bond acceptors (Lipinski definition) is 3. The fourth-order valence-electron chi connectivity index (χ4n) is 0.801. The van der Waals surface area contributed by atoms with E-state index in [1.54, 1.807) is 0 Å². The minimum Gasteiger partial charge on any atom is -0.384 e.